The first-order valence-electron chi connectivity index (χ1n) is 4.08. The van der Waals surface area contributed by atoms with E-state index in [2.05, 4.69) is 12.1 Å². The van der Waals surface area contributed by atoms with Crippen LogP contribution in [0, 0.1) is 39.4 Å². The van der Waals surface area contributed by atoms with Gasteiger partial charge in [0.25, 0.3) is 0 Å². The molecular weight excluding hydrogens is 162 g/mol. The molecular formula is C10H9N3. The number of nitrogens with zero attached hydrogens (tertiary/aromatic N) is 3. The fourth-order valence-corrected chi connectivity index (χ4v) is 1.75. The van der Waals surface area contributed by atoms with E-state index in [0.29, 0.717) is 12.8 Å². The number of rotatable bonds is 2. The average Bonchev–Trinajstić information content (AvgIpc) is 2.03. The largest absolute Gasteiger partial charge is 0.198 e. The molecule has 1 aliphatic carbocycles. The minimum absolute atomic E-state index is 0.147. The lowest BCUT2D eigenvalue weighted by molar-refractivity contribution is 0.218. The van der Waals surface area contributed by atoms with Crippen molar-refractivity contribution in [1.82, 2.24) is 0 Å². The molecule has 3 heteroatoms. The second-order valence-corrected chi connectivity index (χ2v) is 3.46. The van der Waals surface area contributed by atoms with Crippen LogP contribution in [0.15, 0.2) is 11.6 Å². The van der Waals surface area contributed by atoms with E-state index in [1.807, 2.05) is 6.07 Å². The van der Waals surface area contributed by atoms with Crippen LogP contribution in [0.2, 0.25) is 0 Å². The van der Waals surface area contributed by atoms with Crippen molar-refractivity contribution in [2.75, 3.05) is 0 Å². The summed E-state index contributed by atoms with van der Waals surface area (Å²) in [6.07, 6.45) is 3.84. The highest BCUT2D eigenvalue weighted by molar-refractivity contribution is 5.26. The van der Waals surface area contributed by atoms with Gasteiger partial charge in [0, 0.05) is 24.3 Å². The van der Waals surface area contributed by atoms with Crippen LogP contribution in [0.1, 0.15) is 25.7 Å². The molecule has 0 saturated heterocycles. The predicted molar refractivity (Wildman–Crippen MR) is 45.8 cm³/mol. The van der Waals surface area contributed by atoms with Crippen LogP contribution in [0.4, 0.5) is 0 Å². The summed E-state index contributed by atoms with van der Waals surface area (Å²) in [6, 6.07) is 6.16. The molecule has 1 aliphatic rings. The minimum Gasteiger partial charge on any atom is -0.198 e. The van der Waals surface area contributed by atoms with E-state index in [-0.39, 0.29) is 5.41 Å². The van der Waals surface area contributed by atoms with Crippen LogP contribution in [-0.4, -0.2) is 0 Å². The van der Waals surface area contributed by atoms with Gasteiger partial charge in [0.1, 0.15) is 0 Å². The van der Waals surface area contributed by atoms with Gasteiger partial charge in [-0.25, -0.2) is 0 Å². The van der Waals surface area contributed by atoms with Gasteiger partial charge in [0.15, 0.2) is 0 Å². The third-order valence-electron chi connectivity index (χ3n) is 2.38. The van der Waals surface area contributed by atoms with Crippen LogP contribution in [0.3, 0.4) is 0 Å². The summed E-state index contributed by atoms with van der Waals surface area (Å²) in [7, 11) is 0. The monoisotopic (exact) mass is 171 g/mol. The van der Waals surface area contributed by atoms with E-state index in [4.69, 9.17) is 15.8 Å². The molecule has 0 unspecified atom stereocenters. The van der Waals surface area contributed by atoms with Gasteiger partial charge >= 0.3 is 0 Å². The molecule has 0 aromatic rings. The fourth-order valence-electron chi connectivity index (χ4n) is 1.75. The smallest absolute Gasteiger partial charge is 0.0911 e. The molecule has 0 aromatic heterocycles. The Kier molecular flexibility index (Phi) is 2.68. The Labute approximate surface area is 77.5 Å². The molecule has 0 N–H and O–H groups in total. The normalized spacial score (nSPS) is 17.5. The average molecular weight is 171 g/mol. The molecule has 13 heavy (non-hydrogen) atoms. The number of nitriles is 3. The van der Waals surface area contributed by atoms with E-state index in [0.717, 1.165) is 18.4 Å². The minimum atomic E-state index is -0.147. The third kappa shape index (κ3) is 1.86. The zero-order valence-electron chi connectivity index (χ0n) is 7.25. The van der Waals surface area contributed by atoms with Crippen molar-refractivity contribution in [2.45, 2.75) is 25.7 Å². The first-order valence-corrected chi connectivity index (χ1v) is 4.08. The summed E-state index contributed by atoms with van der Waals surface area (Å²) in [4.78, 5) is 0. The summed E-state index contributed by atoms with van der Waals surface area (Å²) in [5.41, 5.74) is 0.916. The molecule has 0 spiro atoms. The summed E-state index contributed by atoms with van der Waals surface area (Å²) in [5.74, 6) is 0. The maximum atomic E-state index is 8.57. The second-order valence-electron chi connectivity index (χ2n) is 3.46. The van der Waals surface area contributed by atoms with Gasteiger partial charge in [0.05, 0.1) is 18.2 Å². The van der Waals surface area contributed by atoms with Crippen LogP contribution < -0.4 is 0 Å². The Morgan fingerprint density at radius 3 is 2.08 bits per heavy atom. The molecule has 0 atom stereocenters. The Morgan fingerprint density at radius 1 is 1.15 bits per heavy atom. The SMILES string of the molecule is N#CC=C1CC(CC#N)(CC#N)C1. The number of hydrogen-bond acceptors (Lipinski definition) is 3. The summed E-state index contributed by atoms with van der Waals surface area (Å²) < 4.78 is 0. The molecule has 0 aliphatic heterocycles. The standard InChI is InChI=1S/C10H9N3/c11-4-1-9-7-10(8-9,2-5-12)3-6-13/h1H,2-3,7-8H2. The highest BCUT2D eigenvalue weighted by Gasteiger charge is 2.40. The number of hydrogen-bond donors (Lipinski definition) is 0. The maximum absolute atomic E-state index is 8.57. The topological polar surface area (TPSA) is 71.4 Å². The molecule has 0 radical (unpaired) electrons. The quantitative estimate of drug-likeness (QED) is 0.597. The molecule has 0 amide bonds. The third-order valence-corrected chi connectivity index (χ3v) is 2.38. The summed E-state index contributed by atoms with van der Waals surface area (Å²) in [6.45, 7) is 0. The molecule has 0 heterocycles. The van der Waals surface area contributed by atoms with Crippen molar-refractivity contribution in [2.24, 2.45) is 5.41 Å². The zero-order chi connectivity index (χ0) is 9.73. The van der Waals surface area contributed by atoms with Gasteiger partial charge in [-0.2, -0.15) is 15.8 Å². The molecule has 3 nitrogen and oxygen atoms in total. The van der Waals surface area contributed by atoms with Crippen molar-refractivity contribution in [3.63, 3.8) is 0 Å². The molecule has 0 aromatic carbocycles. The molecule has 1 saturated carbocycles. The van der Waals surface area contributed by atoms with Gasteiger partial charge in [-0.05, 0) is 12.8 Å². The summed E-state index contributed by atoms with van der Waals surface area (Å²) in [5, 5.41) is 25.5. The summed E-state index contributed by atoms with van der Waals surface area (Å²) >= 11 is 0. The van der Waals surface area contributed by atoms with E-state index in [1.165, 1.54) is 6.08 Å². The second kappa shape index (κ2) is 3.74. The van der Waals surface area contributed by atoms with Crippen LogP contribution >= 0.6 is 0 Å². The van der Waals surface area contributed by atoms with Crippen LogP contribution in [-0.2, 0) is 0 Å². The highest BCUT2D eigenvalue weighted by Crippen LogP contribution is 2.49. The lowest BCUT2D eigenvalue weighted by Crippen LogP contribution is -2.30. The van der Waals surface area contributed by atoms with E-state index in [1.54, 1.807) is 0 Å². The van der Waals surface area contributed by atoms with Crippen molar-refractivity contribution in [1.29, 1.82) is 15.8 Å². The molecule has 0 bridgehead atoms. The van der Waals surface area contributed by atoms with Gasteiger partial charge in [-0.15, -0.1) is 0 Å². The lowest BCUT2D eigenvalue weighted by atomic mass is 9.62. The first kappa shape index (κ1) is 9.30. The maximum Gasteiger partial charge on any atom is 0.0911 e. The van der Waals surface area contributed by atoms with E-state index >= 15 is 0 Å². The van der Waals surface area contributed by atoms with Crippen LogP contribution in [0.5, 0.6) is 0 Å². The molecule has 1 rings (SSSR count). The Balaban J connectivity index is 2.61. The number of allylic oxidation sites excluding steroid dienone is 2. The van der Waals surface area contributed by atoms with Gasteiger partial charge < -0.3 is 0 Å². The fraction of sp³-hybridized carbons (Fsp3) is 0.500. The predicted octanol–water partition coefficient (Wildman–Crippen LogP) is 2.04. The van der Waals surface area contributed by atoms with Crippen LogP contribution in [0.25, 0.3) is 0 Å². The van der Waals surface area contributed by atoms with E-state index in [9.17, 15) is 0 Å². The van der Waals surface area contributed by atoms with Crippen molar-refractivity contribution in [3.05, 3.63) is 11.6 Å². The highest BCUT2D eigenvalue weighted by atomic mass is 14.4. The Morgan fingerprint density at radius 2 is 1.69 bits per heavy atom. The van der Waals surface area contributed by atoms with Gasteiger partial charge in [-0.3, -0.25) is 0 Å². The Hall–Kier alpha value is -1.79. The molecule has 1 fully saturated rings. The van der Waals surface area contributed by atoms with Crippen molar-refractivity contribution >= 4 is 0 Å². The van der Waals surface area contributed by atoms with E-state index < -0.39 is 0 Å². The molecule has 64 valence electrons. The van der Waals surface area contributed by atoms with Crippen molar-refractivity contribution < 1.29 is 0 Å². The van der Waals surface area contributed by atoms with Gasteiger partial charge in [-0.1, -0.05) is 5.57 Å². The Bertz CT molecular complexity index is 320. The van der Waals surface area contributed by atoms with Crippen molar-refractivity contribution in [3.8, 4) is 18.2 Å². The van der Waals surface area contributed by atoms with Gasteiger partial charge in [0.2, 0.25) is 0 Å². The zero-order valence-corrected chi connectivity index (χ0v) is 7.25. The first-order chi connectivity index (χ1) is 6.26. The lowest BCUT2D eigenvalue weighted by Gasteiger charge is -2.40.